The zero-order valence-electron chi connectivity index (χ0n) is 32.3. The van der Waals surface area contributed by atoms with Gasteiger partial charge in [-0.15, -0.1) is 0 Å². The zero-order chi connectivity index (χ0) is 39.1. The molecular weight excluding hydrogens is 713 g/mol. The standard InChI is InChI=1S/C57H38N2/c58-53-34-33-45-44-30-27-40(35-42(44)29-32-48(45)56(53)39-25-23-38(24-26-39)37-13-3-1-4-14-37)41-28-31-47-46-17-7-8-18-49(46)57(52(47)36-41)50-19-9-11-21-54(50)59(43-15-5-2-6-16-43)55-22-12-10-20-51(55)57/h1-36H,58H2. The van der Waals surface area contributed by atoms with E-state index < -0.39 is 5.41 Å². The van der Waals surface area contributed by atoms with Crippen molar-refractivity contribution in [3.63, 3.8) is 0 Å². The van der Waals surface area contributed by atoms with Gasteiger partial charge in [-0.25, -0.2) is 0 Å². The van der Waals surface area contributed by atoms with E-state index in [0.717, 1.165) is 27.9 Å². The normalized spacial score (nSPS) is 13.3. The molecule has 2 heteroatoms. The molecule has 10 aromatic rings. The Morgan fingerprint density at radius 1 is 0.339 bits per heavy atom. The molecule has 0 radical (unpaired) electrons. The van der Waals surface area contributed by atoms with Crippen molar-refractivity contribution in [1.82, 2.24) is 0 Å². The van der Waals surface area contributed by atoms with Crippen LogP contribution in [0.15, 0.2) is 218 Å². The summed E-state index contributed by atoms with van der Waals surface area (Å²) in [6.45, 7) is 0. The second kappa shape index (κ2) is 12.9. The summed E-state index contributed by atoms with van der Waals surface area (Å²) >= 11 is 0. The van der Waals surface area contributed by atoms with Crippen LogP contribution in [0.4, 0.5) is 22.7 Å². The van der Waals surface area contributed by atoms with Crippen molar-refractivity contribution < 1.29 is 0 Å². The van der Waals surface area contributed by atoms with Crippen LogP contribution in [-0.2, 0) is 5.41 Å². The predicted octanol–water partition coefficient (Wildman–Crippen LogP) is 14.7. The van der Waals surface area contributed by atoms with E-state index in [1.807, 2.05) is 0 Å². The molecule has 1 aliphatic carbocycles. The van der Waals surface area contributed by atoms with Gasteiger partial charge in [-0.3, -0.25) is 0 Å². The largest absolute Gasteiger partial charge is 0.398 e. The molecule has 59 heavy (non-hydrogen) atoms. The fourth-order valence-electron chi connectivity index (χ4n) is 10.3. The van der Waals surface area contributed by atoms with E-state index >= 15 is 0 Å². The first-order chi connectivity index (χ1) is 29.2. The Labute approximate surface area is 344 Å². The molecule has 0 fully saturated rings. The summed E-state index contributed by atoms with van der Waals surface area (Å²) in [5, 5.41) is 4.78. The van der Waals surface area contributed by atoms with Crippen LogP contribution in [-0.4, -0.2) is 0 Å². The molecule has 1 heterocycles. The molecular formula is C57H38N2. The number of nitrogens with two attached hydrogens (primary N) is 1. The molecule has 0 bridgehead atoms. The molecule has 2 N–H and O–H groups in total. The lowest BCUT2D eigenvalue weighted by molar-refractivity contribution is 0.753. The van der Waals surface area contributed by atoms with Gasteiger partial charge < -0.3 is 10.6 Å². The number of hydrogen-bond donors (Lipinski definition) is 1. The molecule has 12 rings (SSSR count). The first kappa shape index (κ1) is 33.5. The summed E-state index contributed by atoms with van der Waals surface area (Å²) in [6.07, 6.45) is 0. The first-order valence-electron chi connectivity index (χ1n) is 20.4. The van der Waals surface area contributed by atoms with Crippen molar-refractivity contribution in [3.8, 4) is 44.5 Å². The number of rotatable bonds is 4. The lowest BCUT2D eigenvalue weighted by Gasteiger charge is -2.45. The molecule has 276 valence electrons. The molecule has 1 aliphatic heterocycles. The predicted molar refractivity (Wildman–Crippen MR) is 248 cm³/mol. The molecule has 1 spiro atoms. The number of benzene rings is 10. The van der Waals surface area contributed by atoms with Gasteiger partial charge in [-0.05, 0) is 125 Å². The monoisotopic (exact) mass is 750 g/mol. The molecule has 0 amide bonds. The smallest absolute Gasteiger partial charge is 0.0754 e. The fraction of sp³-hybridized carbons (Fsp3) is 0.0175. The van der Waals surface area contributed by atoms with Crippen molar-refractivity contribution in [2.24, 2.45) is 0 Å². The SMILES string of the molecule is Nc1ccc2c(ccc3cc(-c4ccc5c(c4)C4(c6ccccc6-5)c5ccccc5N(c5ccccc5)c5ccccc54)ccc32)c1-c1ccc(-c2ccccc2)cc1. The highest BCUT2D eigenvalue weighted by Gasteiger charge is 2.51. The molecule has 0 atom stereocenters. The van der Waals surface area contributed by atoms with Crippen LogP contribution in [0, 0.1) is 0 Å². The van der Waals surface area contributed by atoms with Gasteiger partial charge in [-0.1, -0.05) is 176 Å². The Balaban J connectivity index is 1.01. The maximum atomic E-state index is 6.74. The molecule has 2 nitrogen and oxygen atoms in total. The van der Waals surface area contributed by atoms with Crippen LogP contribution in [0.25, 0.3) is 66.1 Å². The van der Waals surface area contributed by atoms with E-state index in [1.54, 1.807) is 0 Å². The van der Waals surface area contributed by atoms with Crippen molar-refractivity contribution in [3.05, 3.63) is 241 Å². The van der Waals surface area contributed by atoms with Crippen molar-refractivity contribution in [2.75, 3.05) is 10.6 Å². The molecule has 10 aromatic carbocycles. The molecule has 0 saturated carbocycles. The van der Waals surface area contributed by atoms with Crippen LogP contribution < -0.4 is 10.6 Å². The molecule has 0 unspecified atom stereocenters. The lowest BCUT2D eigenvalue weighted by Crippen LogP contribution is -2.36. The van der Waals surface area contributed by atoms with Gasteiger partial charge in [0.25, 0.3) is 0 Å². The van der Waals surface area contributed by atoms with Gasteiger partial charge in [0.2, 0.25) is 0 Å². The summed E-state index contributed by atoms with van der Waals surface area (Å²) in [7, 11) is 0. The number of nitrogen functional groups attached to an aromatic ring is 1. The average molecular weight is 751 g/mol. The summed E-state index contributed by atoms with van der Waals surface area (Å²) in [6, 6.07) is 80.0. The van der Waals surface area contributed by atoms with Gasteiger partial charge in [0, 0.05) is 16.9 Å². The van der Waals surface area contributed by atoms with Crippen LogP contribution in [0.1, 0.15) is 22.3 Å². The number of hydrogen-bond acceptors (Lipinski definition) is 2. The van der Waals surface area contributed by atoms with Gasteiger partial charge in [0.1, 0.15) is 0 Å². The van der Waals surface area contributed by atoms with Gasteiger partial charge >= 0.3 is 0 Å². The molecule has 0 saturated heterocycles. The molecule has 0 aromatic heterocycles. The Bertz CT molecular complexity index is 3230. The Hall–Kier alpha value is -7.68. The topological polar surface area (TPSA) is 29.3 Å². The third kappa shape index (κ3) is 4.87. The van der Waals surface area contributed by atoms with Crippen molar-refractivity contribution in [1.29, 1.82) is 0 Å². The average Bonchev–Trinajstić information content (AvgIpc) is 3.59. The molecule has 2 aliphatic rings. The third-order valence-corrected chi connectivity index (χ3v) is 12.8. The van der Waals surface area contributed by atoms with E-state index in [4.69, 9.17) is 5.73 Å². The third-order valence-electron chi connectivity index (χ3n) is 12.8. The number of fused-ring (bicyclic) bond motifs is 12. The summed E-state index contributed by atoms with van der Waals surface area (Å²) in [5.74, 6) is 0. The first-order valence-corrected chi connectivity index (χ1v) is 20.4. The van der Waals surface area contributed by atoms with E-state index in [2.05, 4.69) is 223 Å². The summed E-state index contributed by atoms with van der Waals surface area (Å²) < 4.78 is 0. The van der Waals surface area contributed by atoms with E-state index in [1.165, 1.54) is 83.2 Å². The zero-order valence-corrected chi connectivity index (χ0v) is 32.3. The van der Waals surface area contributed by atoms with Crippen LogP contribution in [0.5, 0.6) is 0 Å². The van der Waals surface area contributed by atoms with Crippen molar-refractivity contribution in [2.45, 2.75) is 5.41 Å². The highest BCUT2D eigenvalue weighted by Crippen LogP contribution is 2.63. The minimum atomic E-state index is -0.497. The number of para-hydroxylation sites is 3. The fourth-order valence-corrected chi connectivity index (χ4v) is 10.3. The second-order valence-corrected chi connectivity index (χ2v) is 15.8. The van der Waals surface area contributed by atoms with E-state index in [0.29, 0.717) is 0 Å². The van der Waals surface area contributed by atoms with Gasteiger partial charge in [-0.2, -0.15) is 0 Å². The van der Waals surface area contributed by atoms with Crippen LogP contribution in [0.3, 0.4) is 0 Å². The Morgan fingerprint density at radius 2 is 0.864 bits per heavy atom. The van der Waals surface area contributed by atoms with Crippen LogP contribution >= 0.6 is 0 Å². The minimum absolute atomic E-state index is 0.497. The van der Waals surface area contributed by atoms with E-state index in [-0.39, 0.29) is 0 Å². The van der Waals surface area contributed by atoms with E-state index in [9.17, 15) is 0 Å². The maximum absolute atomic E-state index is 6.74. The second-order valence-electron chi connectivity index (χ2n) is 15.8. The van der Waals surface area contributed by atoms with Crippen molar-refractivity contribution >= 4 is 44.3 Å². The lowest BCUT2D eigenvalue weighted by atomic mass is 9.64. The quantitative estimate of drug-likeness (QED) is 0.143. The highest BCUT2D eigenvalue weighted by molar-refractivity contribution is 6.15. The Kier molecular flexibility index (Phi) is 7.33. The highest BCUT2D eigenvalue weighted by atomic mass is 15.2. The van der Waals surface area contributed by atoms with Gasteiger partial charge in [0.05, 0.1) is 16.8 Å². The van der Waals surface area contributed by atoms with Gasteiger partial charge in [0.15, 0.2) is 0 Å². The van der Waals surface area contributed by atoms with Crippen LogP contribution in [0.2, 0.25) is 0 Å². The number of anilines is 4. The minimum Gasteiger partial charge on any atom is -0.398 e. The Morgan fingerprint density at radius 3 is 1.61 bits per heavy atom. The summed E-state index contributed by atoms with van der Waals surface area (Å²) in [5.41, 5.74) is 25.4. The number of nitrogens with zero attached hydrogens (tertiary/aromatic N) is 1. The summed E-state index contributed by atoms with van der Waals surface area (Å²) in [4.78, 5) is 2.44. The maximum Gasteiger partial charge on any atom is 0.0754 e.